The van der Waals surface area contributed by atoms with Gasteiger partial charge in [0.05, 0.1) is 5.69 Å². The van der Waals surface area contributed by atoms with E-state index >= 15 is 0 Å². The lowest BCUT2D eigenvalue weighted by Gasteiger charge is -2.18. The second-order valence-corrected chi connectivity index (χ2v) is 4.05. The average Bonchev–Trinajstić information content (AvgIpc) is 2.45. The maximum absolute atomic E-state index is 6.04. The monoisotopic (exact) mass is 199 g/mol. The van der Waals surface area contributed by atoms with Crippen LogP contribution in [0.25, 0.3) is 0 Å². The molecule has 0 aliphatic carbocycles. The molecule has 1 aromatic heterocycles. The predicted octanol–water partition coefficient (Wildman–Crippen LogP) is 1.76. The van der Waals surface area contributed by atoms with Crippen LogP contribution in [-0.2, 0) is 13.1 Å². The van der Waals surface area contributed by atoms with Crippen LogP contribution in [-0.4, -0.2) is 16.1 Å². The second-order valence-electron chi connectivity index (χ2n) is 3.69. The van der Waals surface area contributed by atoms with Gasteiger partial charge >= 0.3 is 0 Å². The number of nitrogens with one attached hydrogen (secondary N) is 1. The number of rotatable bonds is 1. The Kier molecular flexibility index (Phi) is 2.30. The van der Waals surface area contributed by atoms with E-state index in [9.17, 15) is 0 Å². The van der Waals surface area contributed by atoms with Crippen LogP contribution in [0.2, 0.25) is 5.15 Å². The molecule has 13 heavy (non-hydrogen) atoms. The molecular weight excluding hydrogens is 186 g/mol. The average molecular weight is 200 g/mol. The SMILES string of the molecule is CC(C)c1nc(Cl)c2n1CCNC2. The largest absolute Gasteiger partial charge is 0.328 e. The van der Waals surface area contributed by atoms with Gasteiger partial charge in [0.2, 0.25) is 0 Å². The lowest BCUT2D eigenvalue weighted by Crippen LogP contribution is -2.29. The van der Waals surface area contributed by atoms with Crippen LogP contribution in [0.1, 0.15) is 31.3 Å². The molecule has 0 amide bonds. The standard InChI is InChI=1S/C9H14ClN3/c1-6(2)9-12-8(10)7-5-11-3-4-13(7)9/h6,11H,3-5H2,1-2H3. The van der Waals surface area contributed by atoms with Gasteiger partial charge in [0.15, 0.2) is 5.15 Å². The van der Waals surface area contributed by atoms with Gasteiger partial charge in [0, 0.05) is 25.6 Å². The number of hydrogen-bond donors (Lipinski definition) is 1. The summed E-state index contributed by atoms with van der Waals surface area (Å²) in [6, 6.07) is 0. The predicted molar refractivity (Wildman–Crippen MR) is 53.0 cm³/mol. The number of aromatic nitrogens is 2. The van der Waals surface area contributed by atoms with Crippen molar-refractivity contribution in [2.45, 2.75) is 32.9 Å². The Balaban J connectivity index is 2.47. The van der Waals surface area contributed by atoms with Gasteiger partial charge in [-0.1, -0.05) is 25.4 Å². The molecule has 1 aromatic rings. The zero-order valence-corrected chi connectivity index (χ0v) is 8.73. The van der Waals surface area contributed by atoms with E-state index in [0.29, 0.717) is 11.1 Å². The molecule has 3 nitrogen and oxygen atoms in total. The highest BCUT2D eigenvalue weighted by atomic mass is 35.5. The Morgan fingerprint density at radius 1 is 1.54 bits per heavy atom. The van der Waals surface area contributed by atoms with Crippen molar-refractivity contribution in [2.75, 3.05) is 6.54 Å². The molecule has 2 heterocycles. The molecule has 1 aliphatic rings. The second kappa shape index (κ2) is 3.31. The van der Waals surface area contributed by atoms with Gasteiger partial charge in [-0.25, -0.2) is 4.98 Å². The summed E-state index contributed by atoms with van der Waals surface area (Å²) in [6.45, 7) is 7.14. The first-order valence-electron chi connectivity index (χ1n) is 4.65. The van der Waals surface area contributed by atoms with E-state index in [2.05, 4.69) is 28.7 Å². The Morgan fingerprint density at radius 2 is 2.31 bits per heavy atom. The number of fused-ring (bicyclic) bond motifs is 1. The molecule has 0 unspecified atom stereocenters. The Morgan fingerprint density at radius 3 is 3.00 bits per heavy atom. The first-order valence-corrected chi connectivity index (χ1v) is 5.03. The number of hydrogen-bond acceptors (Lipinski definition) is 2. The van der Waals surface area contributed by atoms with Crippen molar-refractivity contribution < 1.29 is 0 Å². The van der Waals surface area contributed by atoms with Crippen molar-refractivity contribution in [3.8, 4) is 0 Å². The highest BCUT2D eigenvalue weighted by Crippen LogP contribution is 2.23. The van der Waals surface area contributed by atoms with Crippen molar-refractivity contribution in [3.05, 3.63) is 16.7 Å². The lowest BCUT2D eigenvalue weighted by molar-refractivity contribution is 0.493. The summed E-state index contributed by atoms with van der Waals surface area (Å²) in [5.41, 5.74) is 1.14. The van der Waals surface area contributed by atoms with Crippen molar-refractivity contribution in [1.29, 1.82) is 0 Å². The molecule has 0 atom stereocenters. The van der Waals surface area contributed by atoms with Crippen molar-refractivity contribution in [2.24, 2.45) is 0 Å². The Hall–Kier alpha value is -0.540. The minimum atomic E-state index is 0.448. The van der Waals surface area contributed by atoms with Crippen LogP contribution in [0.3, 0.4) is 0 Å². The molecule has 0 radical (unpaired) electrons. The summed E-state index contributed by atoms with van der Waals surface area (Å²) in [7, 11) is 0. The van der Waals surface area contributed by atoms with Gasteiger partial charge in [-0.3, -0.25) is 0 Å². The van der Waals surface area contributed by atoms with Crippen molar-refractivity contribution >= 4 is 11.6 Å². The van der Waals surface area contributed by atoms with E-state index in [1.54, 1.807) is 0 Å². The van der Waals surface area contributed by atoms with E-state index in [0.717, 1.165) is 31.2 Å². The number of nitrogens with zero attached hydrogens (tertiary/aromatic N) is 2. The van der Waals surface area contributed by atoms with Gasteiger partial charge in [-0.15, -0.1) is 0 Å². The topological polar surface area (TPSA) is 29.9 Å². The van der Waals surface area contributed by atoms with Crippen LogP contribution in [0, 0.1) is 0 Å². The maximum Gasteiger partial charge on any atom is 0.151 e. The molecule has 72 valence electrons. The molecule has 2 rings (SSSR count). The minimum Gasteiger partial charge on any atom is -0.328 e. The molecule has 0 aromatic carbocycles. The first-order chi connectivity index (χ1) is 6.20. The summed E-state index contributed by atoms with van der Waals surface area (Å²) in [4.78, 5) is 4.38. The van der Waals surface area contributed by atoms with E-state index in [1.807, 2.05) is 0 Å². The molecular formula is C9H14ClN3. The van der Waals surface area contributed by atoms with Crippen LogP contribution >= 0.6 is 11.6 Å². The Bertz CT molecular complexity index is 317. The normalized spacial score (nSPS) is 16.3. The fourth-order valence-electron chi connectivity index (χ4n) is 1.73. The van der Waals surface area contributed by atoms with Gasteiger partial charge in [-0.2, -0.15) is 0 Å². The molecule has 0 saturated carbocycles. The van der Waals surface area contributed by atoms with E-state index < -0.39 is 0 Å². The van der Waals surface area contributed by atoms with Crippen molar-refractivity contribution in [3.63, 3.8) is 0 Å². The molecule has 1 N–H and O–H groups in total. The lowest BCUT2D eigenvalue weighted by atomic mass is 10.2. The van der Waals surface area contributed by atoms with E-state index in [-0.39, 0.29) is 0 Å². The quantitative estimate of drug-likeness (QED) is 0.747. The summed E-state index contributed by atoms with van der Waals surface area (Å²) < 4.78 is 2.24. The number of imidazole rings is 1. The molecule has 4 heteroatoms. The summed E-state index contributed by atoms with van der Waals surface area (Å²) in [5.74, 6) is 1.56. The molecule has 0 bridgehead atoms. The van der Waals surface area contributed by atoms with Crippen LogP contribution in [0.15, 0.2) is 0 Å². The first kappa shape index (κ1) is 9.03. The van der Waals surface area contributed by atoms with Crippen LogP contribution in [0.4, 0.5) is 0 Å². The van der Waals surface area contributed by atoms with Gasteiger partial charge in [0.25, 0.3) is 0 Å². The van der Waals surface area contributed by atoms with Gasteiger partial charge in [0.1, 0.15) is 5.82 Å². The van der Waals surface area contributed by atoms with Gasteiger partial charge in [-0.05, 0) is 0 Å². The molecule has 0 saturated heterocycles. The third kappa shape index (κ3) is 1.46. The van der Waals surface area contributed by atoms with Crippen LogP contribution in [0.5, 0.6) is 0 Å². The van der Waals surface area contributed by atoms with E-state index in [1.165, 1.54) is 0 Å². The smallest absolute Gasteiger partial charge is 0.151 e. The zero-order valence-electron chi connectivity index (χ0n) is 7.97. The third-order valence-corrected chi connectivity index (χ3v) is 2.68. The fraction of sp³-hybridized carbons (Fsp3) is 0.667. The Labute approximate surface area is 83.1 Å². The molecule has 1 aliphatic heterocycles. The maximum atomic E-state index is 6.04. The highest BCUT2D eigenvalue weighted by Gasteiger charge is 2.19. The summed E-state index contributed by atoms with van der Waals surface area (Å²) in [5, 5.41) is 3.95. The van der Waals surface area contributed by atoms with Crippen LogP contribution < -0.4 is 5.32 Å². The summed E-state index contributed by atoms with van der Waals surface area (Å²) >= 11 is 6.04. The molecule has 0 fully saturated rings. The van der Waals surface area contributed by atoms with Crippen molar-refractivity contribution in [1.82, 2.24) is 14.9 Å². The zero-order chi connectivity index (χ0) is 9.42. The number of halogens is 1. The van der Waals surface area contributed by atoms with Gasteiger partial charge < -0.3 is 9.88 Å². The molecule has 0 spiro atoms. The highest BCUT2D eigenvalue weighted by molar-refractivity contribution is 6.30. The summed E-state index contributed by atoms with van der Waals surface area (Å²) in [6.07, 6.45) is 0. The van der Waals surface area contributed by atoms with E-state index in [4.69, 9.17) is 11.6 Å². The third-order valence-electron chi connectivity index (χ3n) is 2.37. The fourth-order valence-corrected chi connectivity index (χ4v) is 1.99. The minimum absolute atomic E-state index is 0.448.